The first-order chi connectivity index (χ1) is 16.9. The maximum absolute atomic E-state index is 12.4. The number of nitro groups is 1. The molecule has 35 heavy (non-hydrogen) atoms. The van der Waals surface area contributed by atoms with Crippen LogP contribution in [0.15, 0.2) is 74.7 Å². The van der Waals surface area contributed by atoms with E-state index in [2.05, 4.69) is 26.5 Å². The maximum atomic E-state index is 12.4. The number of furan rings is 1. The summed E-state index contributed by atoms with van der Waals surface area (Å²) in [5.41, 5.74) is 4.08. The zero-order valence-electron chi connectivity index (χ0n) is 18.2. The predicted octanol–water partition coefficient (Wildman–Crippen LogP) is 6.11. The number of amides is 1. The average molecular weight is 559 g/mol. The molecule has 0 unspecified atom stereocenters. The second-order valence-corrected chi connectivity index (χ2v) is 8.46. The highest BCUT2D eigenvalue weighted by Crippen LogP contribution is 2.37. The van der Waals surface area contributed by atoms with Gasteiger partial charge in [0.1, 0.15) is 12.2 Å². The molecule has 0 saturated carbocycles. The van der Waals surface area contributed by atoms with Gasteiger partial charge in [-0.15, -0.1) is 0 Å². The summed E-state index contributed by atoms with van der Waals surface area (Å²) >= 11 is 9.66. The number of hydrogen-bond donors (Lipinski definition) is 1. The van der Waals surface area contributed by atoms with Crippen molar-refractivity contribution in [2.45, 2.75) is 6.61 Å². The number of hydrazone groups is 1. The fourth-order valence-corrected chi connectivity index (χ4v) is 3.96. The summed E-state index contributed by atoms with van der Waals surface area (Å²) in [7, 11) is 1.51. The van der Waals surface area contributed by atoms with Gasteiger partial charge in [-0.2, -0.15) is 5.10 Å². The lowest BCUT2D eigenvalue weighted by atomic mass is 10.2. The molecule has 0 fully saturated rings. The zero-order chi connectivity index (χ0) is 24.9. The third-order valence-corrected chi connectivity index (χ3v) is 5.85. The van der Waals surface area contributed by atoms with Crippen LogP contribution < -0.4 is 14.9 Å². The van der Waals surface area contributed by atoms with Crippen molar-refractivity contribution in [3.05, 3.63) is 97.2 Å². The number of halogens is 2. The lowest BCUT2D eigenvalue weighted by Crippen LogP contribution is -2.16. The number of rotatable bonds is 8. The summed E-state index contributed by atoms with van der Waals surface area (Å²) in [4.78, 5) is 22.8. The Hall–Kier alpha value is -3.89. The predicted molar refractivity (Wildman–Crippen MR) is 134 cm³/mol. The van der Waals surface area contributed by atoms with E-state index >= 15 is 0 Å². The molecule has 3 aromatic carbocycles. The Morgan fingerprint density at radius 2 is 2.03 bits per heavy atom. The molecule has 1 aromatic heterocycles. The molecule has 1 heterocycles. The molecule has 0 bridgehead atoms. The Morgan fingerprint density at radius 3 is 2.77 bits per heavy atom. The van der Waals surface area contributed by atoms with Crippen LogP contribution in [0.25, 0.3) is 11.0 Å². The summed E-state index contributed by atoms with van der Waals surface area (Å²) < 4.78 is 17.4. The number of hydrogen-bond acceptors (Lipinski definition) is 7. The number of methoxy groups -OCH3 is 1. The minimum absolute atomic E-state index is 0.0280. The van der Waals surface area contributed by atoms with E-state index < -0.39 is 10.8 Å². The van der Waals surface area contributed by atoms with Crippen molar-refractivity contribution in [3.63, 3.8) is 0 Å². The number of carbonyl (C=O) groups is 1. The fourth-order valence-electron chi connectivity index (χ4n) is 3.20. The van der Waals surface area contributed by atoms with Gasteiger partial charge in [-0.25, -0.2) is 5.43 Å². The molecule has 0 aliphatic heterocycles. The number of nitrogens with zero attached hydrogens (tertiary/aromatic N) is 2. The van der Waals surface area contributed by atoms with Gasteiger partial charge < -0.3 is 13.9 Å². The lowest BCUT2D eigenvalue weighted by molar-refractivity contribution is -0.384. The number of fused-ring (bicyclic) bond motifs is 1. The highest BCUT2D eigenvalue weighted by atomic mass is 79.9. The van der Waals surface area contributed by atoms with Crippen LogP contribution in [0.2, 0.25) is 5.02 Å². The Morgan fingerprint density at radius 1 is 1.23 bits per heavy atom. The average Bonchev–Trinajstić information content (AvgIpc) is 3.27. The molecule has 1 N–H and O–H groups in total. The molecule has 9 nitrogen and oxygen atoms in total. The van der Waals surface area contributed by atoms with Crippen LogP contribution in [0.5, 0.6) is 11.5 Å². The normalized spacial score (nSPS) is 11.1. The van der Waals surface area contributed by atoms with Gasteiger partial charge in [0.2, 0.25) is 0 Å². The minimum atomic E-state index is -0.606. The first-order valence-electron chi connectivity index (χ1n) is 10.1. The number of nitro benzene ring substituents is 1. The van der Waals surface area contributed by atoms with E-state index in [1.165, 1.54) is 37.6 Å². The van der Waals surface area contributed by atoms with Crippen molar-refractivity contribution in [2.24, 2.45) is 5.10 Å². The van der Waals surface area contributed by atoms with Gasteiger partial charge in [0, 0.05) is 28.1 Å². The van der Waals surface area contributed by atoms with E-state index in [1.54, 1.807) is 18.2 Å². The minimum Gasteiger partial charge on any atom is -0.493 e. The molecule has 1 amide bonds. The van der Waals surface area contributed by atoms with Crippen molar-refractivity contribution < 1.29 is 23.6 Å². The fraction of sp³-hybridized carbons (Fsp3) is 0.0833. The maximum Gasteiger partial charge on any atom is 0.307 e. The molecule has 4 rings (SSSR count). The Kier molecular flexibility index (Phi) is 7.33. The van der Waals surface area contributed by atoms with Gasteiger partial charge in [0.15, 0.2) is 17.3 Å². The van der Waals surface area contributed by atoms with E-state index in [9.17, 15) is 14.9 Å². The van der Waals surface area contributed by atoms with Gasteiger partial charge in [-0.05, 0) is 51.8 Å². The molecule has 11 heteroatoms. The highest BCUT2D eigenvalue weighted by molar-refractivity contribution is 9.10. The second kappa shape index (κ2) is 10.6. The summed E-state index contributed by atoms with van der Waals surface area (Å²) in [6, 6.07) is 16.3. The summed E-state index contributed by atoms with van der Waals surface area (Å²) in [6.07, 6.45) is 1.43. The van der Waals surface area contributed by atoms with Gasteiger partial charge in [0.25, 0.3) is 5.69 Å². The van der Waals surface area contributed by atoms with Crippen LogP contribution >= 0.6 is 27.5 Å². The molecule has 0 atom stereocenters. The molecule has 178 valence electrons. The van der Waals surface area contributed by atoms with E-state index in [-0.39, 0.29) is 18.1 Å². The molecule has 0 aliphatic rings. The van der Waals surface area contributed by atoms with Gasteiger partial charge in [-0.1, -0.05) is 29.8 Å². The summed E-state index contributed by atoms with van der Waals surface area (Å²) in [5, 5.41) is 15.9. The van der Waals surface area contributed by atoms with Crippen LogP contribution in [0, 0.1) is 10.1 Å². The largest absolute Gasteiger partial charge is 0.493 e. The van der Waals surface area contributed by atoms with Gasteiger partial charge in [-0.3, -0.25) is 14.9 Å². The number of benzene rings is 3. The van der Waals surface area contributed by atoms with Gasteiger partial charge in [0.05, 0.1) is 22.7 Å². The molecule has 0 saturated heterocycles. The lowest BCUT2D eigenvalue weighted by Gasteiger charge is -2.14. The van der Waals surface area contributed by atoms with E-state index in [0.29, 0.717) is 37.5 Å². The Labute approximate surface area is 212 Å². The third kappa shape index (κ3) is 5.61. The smallest absolute Gasteiger partial charge is 0.307 e. The van der Waals surface area contributed by atoms with Crippen LogP contribution in [-0.2, 0) is 6.61 Å². The van der Waals surface area contributed by atoms with Crippen molar-refractivity contribution in [1.82, 2.24) is 5.43 Å². The standard InChI is InChI=1S/C24H17BrClN3O6/c1-33-21-9-14(8-18(25)23(21)34-13-15-4-2-3-5-19(15)26)12-27-28-24(30)22-11-16-10-17(29(31)32)6-7-20(16)35-22/h2-12H,13H2,1H3,(H,28,30)/b27-12+. The van der Waals surface area contributed by atoms with E-state index in [4.69, 9.17) is 25.5 Å². The Bertz CT molecular complexity index is 1450. The van der Waals surface area contributed by atoms with Crippen LogP contribution in [0.1, 0.15) is 21.7 Å². The van der Waals surface area contributed by atoms with Crippen molar-refractivity contribution in [2.75, 3.05) is 7.11 Å². The molecule has 0 aliphatic carbocycles. The number of nitrogens with one attached hydrogen (secondary N) is 1. The monoisotopic (exact) mass is 557 g/mol. The van der Waals surface area contributed by atoms with E-state index in [0.717, 1.165) is 5.56 Å². The van der Waals surface area contributed by atoms with Crippen LogP contribution in [0.4, 0.5) is 5.69 Å². The molecular formula is C24H17BrClN3O6. The van der Waals surface area contributed by atoms with Crippen molar-refractivity contribution in [1.29, 1.82) is 0 Å². The van der Waals surface area contributed by atoms with Crippen LogP contribution in [-0.4, -0.2) is 24.2 Å². The van der Waals surface area contributed by atoms with Crippen LogP contribution in [0.3, 0.4) is 0 Å². The quantitative estimate of drug-likeness (QED) is 0.158. The first-order valence-corrected chi connectivity index (χ1v) is 11.3. The highest BCUT2D eigenvalue weighted by Gasteiger charge is 2.15. The second-order valence-electron chi connectivity index (χ2n) is 7.20. The molecule has 4 aromatic rings. The topological polar surface area (TPSA) is 116 Å². The number of carbonyl (C=O) groups excluding carboxylic acids is 1. The first kappa shape index (κ1) is 24.2. The summed E-state index contributed by atoms with van der Waals surface area (Å²) in [5.74, 6) is 0.314. The number of non-ortho nitro benzene ring substituents is 1. The SMILES string of the molecule is COc1cc(/C=N/NC(=O)c2cc3cc([N+](=O)[O-])ccc3o2)cc(Br)c1OCc1ccccc1Cl. The summed E-state index contributed by atoms with van der Waals surface area (Å²) in [6.45, 7) is 0.249. The van der Waals surface area contributed by atoms with Crippen molar-refractivity contribution in [3.8, 4) is 11.5 Å². The third-order valence-electron chi connectivity index (χ3n) is 4.90. The molecular weight excluding hydrogens is 542 g/mol. The molecule has 0 radical (unpaired) electrons. The Balaban J connectivity index is 1.45. The number of ether oxygens (including phenoxy) is 2. The molecule has 0 spiro atoms. The zero-order valence-corrected chi connectivity index (χ0v) is 20.5. The van der Waals surface area contributed by atoms with Crippen molar-refractivity contribution >= 4 is 56.3 Å². The van der Waals surface area contributed by atoms with E-state index in [1.807, 2.05) is 18.2 Å². The van der Waals surface area contributed by atoms with Gasteiger partial charge >= 0.3 is 5.91 Å².